The molecule has 34 heavy (non-hydrogen) atoms. The van der Waals surface area contributed by atoms with Crippen LogP contribution in [0.1, 0.15) is 83.5 Å². The third-order valence-corrected chi connectivity index (χ3v) is 7.25. The number of rotatable bonds is 6. The zero-order valence-corrected chi connectivity index (χ0v) is 20.3. The number of hydrogen-bond donors (Lipinski definition) is 2. The second-order valence-electron chi connectivity index (χ2n) is 9.48. The Balaban J connectivity index is 1.60. The molecular formula is C27H33N3O4. The van der Waals surface area contributed by atoms with Gasteiger partial charge in [-0.2, -0.15) is 0 Å². The van der Waals surface area contributed by atoms with Crippen LogP contribution in [0.25, 0.3) is 0 Å². The van der Waals surface area contributed by atoms with Crippen LogP contribution in [0.4, 0.5) is 5.69 Å². The Morgan fingerprint density at radius 2 is 1.97 bits per heavy atom. The predicted octanol–water partition coefficient (Wildman–Crippen LogP) is 4.61. The van der Waals surface area contributed by atoms with Gasteiger partial charge in [-0.3, -0.25) is 9.59 Å². The van der Waals surface area contributed by atoms with Gasteiger partial charge >= 0.3 is 5.97 Å². The lowest BCUT2D eigenvalue weighted by molar-refractivity contribution is -0.133. The average Bonchev–Trinajstić information content (AvgIpc) is 3.14. The zero-order chi connectivity index (χ0) is 24.6. The van der Waals surface area contributed by atoms with Crippen LogP contribution in [0.3, 0.4) is 0 Å². The number of nitrogens with one attached hydrogen (secondary N) is 1. The van der Waals surface area contributed by atoms with Crippen LogP contribution in [0.5, 0.6) is 0 Å². The zero-order valence-electron chi connectivity index (χ0n) is 20.3. The summed E-state index contributed by atoms with van der Waals surface area (Å²) in [5.41, 5.74) is 4.53. The number of carboxylic acid groups (broad SMARTS) is 1. The van der Waals surface area contributed by atoms with E-state index in [-0.39, 0.29) is 35.5 Å². The van der Waals surface area contributed by atoms with E-state index in [0.29, 0.717) is 18.8 Å². The average molecular weight is 464 g/mol. The summed E-state index contributed by atoms with van der Waals surface area (Å²) in [5.74, 6) is -0.830. The third kappa shape index (κ3) is 4.39. The highest BCUT2D eigenvalue weighted by atomic mass is 16.4. The summed E-state index contributed by atoms with van der Waals surface area (Å²) >= 11 is 0. The topological polar surface area (TPSA) is 90.0 Å². The van der Waals surface area contributed by atoms with Crippen LogP contribution in [0, 0.1) is 6.92 Å². The number of benzene rings is 2. The SMILES string of the molecule is CC[C@H]1C[C@H](N2Cc3c(cc(C)cc3C(C)Nc3ccccc3C(=O)O)C2=O)CCN1C(C)=O. The quantitative estimate of drug-likeness (QED) is 0.653. The number of amides is 2. The van der Waals surface area contributed by atoms with E-state index in [1.54, 1.807) is 25.1 Å². The van der Waals surface area contributed by atoms with E-state index in [4.69, 9.17) is 0 Å². The van der Waals surface area contributed by atoms with Gasteiger partial charge in [0.05, 0.1) is 5.56 Å². The first-order valence-electron chi connectivity index (χ1n) is 12.0. The molecule has 0 aliphatic carbocycles. The Morgan fingerprint density at radius 3 is 2.65 bits per heavy atom. The molecule has 2 aromatic carbocycles. The number of para-hydroxylation sites is 1. The summed E-state index contributed by atoms with van der Waals surface area (Å²) in [5, 5.41) is 12.9. The molecule has 2 aliphatic rings. The van der Waals surface area contributed by atoms with Crippen molar-refractivity contribution in [2.45, 2.75) is 71.6 Å². The molecule has 4 rings (SSSR count). The molecule has 180 valence electrons. The van der Waals surface area contributed by atoms with Crippen LogP contribution >= 0.6 is 0 Å². The van der Waals surface area contributed by atoms with E-state index in [1.165, 1.54) is 0 Å². The van der Waals surface area contributed by atoms with Gasteiger partial charge in [0.15, 0.2) is 0 Å². The summed E-state index contributed by atoms with van der Waals surface area (Å²) < 4.78 is 0. The fraction of sp³-hybridized carbons (Fsp3) is 0.444. The molecule has 0 spiro atoms. The molecular weight excluding hydrogens is 430 g/mol. The Bertz CT molecular complexity index is 1130. The molecule has 2 amide bonds. The van der Waals surface area contributed by atoms with Crippen LogP contribution in [-0.4, -0.2) is 51.3 Å². The minimum absolute atomic E-state index is 0.0502. The molecule has 1 saturated heterocycles. The van der Waals surface area contributed by atoms with Crippen LogP contribution < -0.4 is 5.32 Å². The summed E-state index contributed by atoms with van der Waals surface area (Å²) in [7, 11) is 0. The number of carboxylic acids is 1. The second-order valence-corrected chi connectivity index (χ2v) is 9.48. The molecule has 1 unspecified atom stereocenters. The predicted molar refractivity (Wildman–Crippen MR) is 131 cm³/mol. The molecule has 2 aromatic rings. The number of anilines is 1. The van der Waals surface area contributed by atoms with Crippen molar-refractivity contribution in [1.82, 2.24) is 9.80 Å². The maximum Gasteiger partial charge on any atom is 0.337 e. The van der Waals surface area contributed by atoms with Crippen molar-refractivity contribution in [3.8, 4) is 0 Å². The smallest absolute Gasteiger partial charge is 0.337 e. The van der Waals surface area contributed by atoms with Gasteiger partial charge in [0.25, 0.3) is 5.91 Å². The van der Waals surface area contributed by atoms with Crippen molar-refractivity contribution >= 4 is 23.5 Å². The number of likely N-dealkylation sites (tertiary alicyclic amines) is 1. The van der Waals surface area contributed by atoms with E-state index in [2.05, 4.69) is 18.3 Å². The normalized spacial score (nSPS) is 20.8. The molecule has 2 aliphatic heterocycles. The second kappa shape index (κ2) is 9.49. The van der Waals surface area contributed by atoms with Gasteiger partial charge in [0.2, 0.25) is 5.91 Å². The largest absolute Gasteiger partial charge is 0.478 e. The lowest BCUT2D eigenvalue weighted by Crippen LogP contribution is -2.51. The number of carbonyl (C=O) groups is 3. The number of carbonyl (C=O) groups excluding carboxylic acids is 2. The summed E-state index contributed by atoms with van der Waals surface area (Å²) in [4.78, 5) is 41.1. The lowest BCUT2D eigenvalue weighted by atomic mass is 9.94. The summed E-state index contributed by atoms with van der Waals surface area (Å²) in [6.07, 6.45) is 2.45. The molecule has 1 fully saturated rings. The summed E-state index contributed by atoms with van der Waals surface area (Å²) in [6, 6.07) is 11.0. The third-order valence-electron chi connectivity index (χ3n) is 7.25. The molecule has 0 bridgehead atoms. The Labute approximate surface area is 200 Å². The number of hydrogen-bond acceptors (Lipinski definition) is 4. The molecule has 0 saturated carbocycles. The van der Waals surface area contributed by atoms with Crippen molar-refractivity contribution in [2.24, 2.45) is 0 Å². The first-order valence-corrected chi connectivity index (χ1v) is 12.0. The highest BCUT2D eigenvalue weighted by Gasteiger charge is 2.39. The first-order chi connectivity index (χ1) is 16.2. The minimum atomic E-state index is -0.978. The van der Waals surface area contributed by atoms with Crippen LogP contribution in [0.15, 0.2) is 36.4 Å². The molecule has 3 atom stereocenters. The van der Waals surface area contributed by atoms with Gasteiger partial charge in [-0.25, -0.2) is 4.79 Å². The number of aryl methyl sites for hydroxylation is 1. The minimum Gasteiger partial charge on any atom is -0.478 e. The number of fused-ring (bicyclic) bond motifs is 1. The molecule has 0 aromatic heterocycles. The van der Waals surface area contributed by atoms with E-state index in [1.807, 2.05) is 35.8 Å². The Kier molecular flexibility index (Phi) is 6.64. The van der Waals surface area contributed by atoms with Gasteiger partial charge in [-0.1, -0.05) is 25.1 Å². The molecule has 2 heterocycles. The van der Waals surface area contributed by atoms with Gasteiger partial charge in [-0.15, -0.1) is 0 Å². The van der Waals surface area contributed by atoms with Gasteiger partial charge in [0, 0.05) is 49.4 Å². The fourth-order valence-electron chi connectivity index (χ4n) is 5.51. The van der Waals surface area contributed by atoms with Gasteiger partial charge in [0.1, 0.15) is 0 Å². The van der Waals surface area contributed by atoms with Crippen molar-refractivity contribution < 1.29 is 19.5 Å². The van der Waals surface area contributed by atoms with Crippen molar-refractivity contribution in [3.05, 3.63) is 64.2 Å². The number of piperidine rings is 1. The Hall–Kier alpha value is -3.35. The van der Waals surface area contributed by atoms with Crippen molar-refractivity contribution in [3.63, 3.8) is 0 Å². The maximum absolute atomic E-state index is 13.5. The van der Waals surface area contributed by atoms with Gasteiger partial charge < -0.3 is 20.2 Å². The monoisotopic (exact) mass is 463 g/mol. The molecule has 7 nitrogen and oxygen atoms in total. The molecule has 7 heteroatoms. The lowest BCUT2D eigenvalue weighted by Gasteiger charge is -2.42. The number of aromatic carboxylic acids is 1. The standard InChI is InChI=1S/C27H33N3O4/c1-5-19-14-20(10-11-29(19)18(4)31)30-15-24-22(12-16(2)13-23(24)26(30)32)17(3)28-25-9-7-6-8-21(25)27(33)34/h6-9,12-13,17,19-20,28H,5,10-11,14-15H2,1-4H3,(H,33,34)/t17?,19-,20+/m0/s1. The number of nitrogens with zero attached hydrogens (tertiary/aromatic N) is 2. The van der Waals surface area contributed by atoms with Crippen LogP contribution in [0.2, 0.25) is 0 Å². The molecule has 2 N–H and O–H groups in total. The highest BCUT2D eigenvalue weighted by molar-refractivity contribution is 5.99. The van der Waals surface area contributed by atoms with E-state index >= 15 is 0 Å². The van der Waals surface area contributed by atoms with E-state index in [0.717, 1.165) is 41.5 Å². The Morgan fingerprint density at radius 1 is 1.24 bits per heavy atom. The van der Waals surface area contributed by atoms with Crippen molar-refractivity contribution in [1.29, 1.82) is 0 Å². The highest BCUT2D eigenvalue weighted by Crippen LogP contribution is 2.36. The molecule has 0 radical (unpaired) electrons. The summed E-state index contributed by atoms with van der Waals surface area (Å²) in [6.45, 7) is 8.90. The van der Waals surface area contributed by atoms with Crippen molar-refractivity contribution in [2.75, 3.05) is 11.9 Å². The van der Waals surface area contributed by atoms with E-state index in [9.17, 15) is 19.5 Å². The van der Waals surface area contributed by atoms with Crippen LogP contribution in [-0.2, 0) is 11.3 Å². The fourth-order valence-corrected chi connectivity index (χ4v) is 5.51. The first kappa shape index (κ1) is 23.8. The maximum atomic E-state index is 13.5. The van der Waals surface area contributed by atoms with E-state index < -0.39 is 5.97 Å². The van der Waals surface area contributed by atoms with Gasteiger partial charge in [-0.05, 0) is 68.0 Å².